The summed E-state index contributed by atoms with van der Waals surface area (Å²) in [7, 11) is 3.81. The number of piperidine rings is 1. The van der Waals surface area contributed by atoms with Crippen LogP contribution in [-0.2, 0) is 11.8 Å². The maximum absolute atomic E-state index is 12.1. The standard InChI is InChI=1S/C19H26N2O2/c1-20-17(22)14-6-5-13-12-16-19(23)8-4-3-7-18(19,15(13)11-14)9-10-21(16)2/h5-6,11,16,23H,3-4,7-10,12H2,1-2H3,(H,20,22)/t16-,18+,19-/m1/s1. The van der Waals surface area contributed by atoms with E-state index >= 15 is 0 Å². The van der Waals surface area contributed by atoms with Crippen molar-refractivity contribution < 1.29 is 9.90 Å². The molecule has 2 N–H and O–H groups in total. The number of carbonyl (C=O) groups excluding carboxylic acids is 1. The second kappa shape index (κ2) is 5.05. The molecule has 2 fully saturated rings. The molecule has 0 aromatic heterocycles. The van der Waals surface area contributed by atoms with Gasteiger partial charge in [-0.25, -0.2) is 0 Å². The number of fused-ring (bicyclic) bond motifs is 1. The molecule has 0 unspecified atom stereocenters. The van der Waals surface area contributed by atoms with Crippen LogP contribution in [0.4, 0.5) is 0 Å². The van der Waals surface area contributed by atoms with Crippen molar-refractivity contribution in [3.05, 3.63) is 34.9 Å². The Balaban J connectivity index is 1.91. The number of hydrogen-bond acceptors (Lipinski definition) is 3. The van der Waals surface area contributed by atoms with E-state index in [1.807, 2.05) is 6.07 Å². The Morgan fingerprint density at radius 3 is 2.87 bits per heavy atom. The third-order valence-corrected chi connectivity index (χ3v) is 6.74. The summed E-state index contributed by atoms with van der Waals surface area (Å²) < 4.78 is 0. The van der Waals surface area contributed by atoms with E-state index < -0.39 is 5.60 Å². The highest BCUT2D eigenvalue weighted by Crippen LogP contribution is 2.57. The van der Waals surface area contributed by atoms with Crippen molar-refractivity contribution in [3.8, 4) is 0 Å². The minimum atomic E-state index is -0.646. The molecular formula is C19H26N2O2. The lowest BCUT2D eigenvalue weighted by Crippen LogP contribution is -2.71. The number of nitrogens with one attached hydrogen (secondary N) is 1. The number of likely N-dealkylation sites (N-methyl/N-ethyl adjacent to an activating group) is 1. The average molecular weight is 314 g/mol. The first-order valence-electron chi connectivity index (χ1n) is 8.80. The number of benzene rings is 1. The average Bonchev–Trinajstić information content (AvgIpc) is 2.57. The van der Waals surface area contributed by atoms with Gasteiger partial charge in [0.1, 0.15) is 0 Å². The summed E-state index contributed by atoms with van der Waals surface area (Å²) >= 11 is 0. The van der Waals surface area contributed by atoms with Crippen molar-refractivity contribution in [2.24, 2.45) is 0 Å². The van der Waals surface area contributed by atoms with Gasteiger partial charge in [0.2, 0.25) is 0 Å². The van der Waals surface area contributed by atoms with E-state index in [-0.39, 0.29) is 17.4 Å². The lowest BCUT2D eigenvalue weighted by atomic mass is 9.49. The summed E-state index contributed by atoms with van der Waals surface area (Å²) in [5.41, 5.74) is 2.46. The van der Waals surface area contributed by atoms with Crippen LogP contribution in [0.25, 0.3) is 0 Å². The molecule has 23 heavy (non-hydrogen) atoms. The first-order chi connectivity index (χ1) is 11.0. The van der Waals surface area contributed by atoms with Crippen LogP contribution in [0.3, 0.4) is 0 Å². The third kappa shape index (κ3) is 1.88. The van der Waals surface area contributed by atoms with Crippen LogP contribution < -0.4 is 5.32 Å². The maximum Gasteiger partial charge on any atom is 0.251 e. The van der Waals surface area contributed by atoms with Gasteiger partial charge in [0.05, 0.1) is 5.60 Å². The molecule has 1 amide bonds. The molecule has 2 aliphatic carbocycles. The smallest absolute Gasteiger partial charge is 0.251 e. The fourth-order valence-corrected chi connectivity index (χ4v) is 5.51. The fraction of sp³-hybridized carbons (Fsp3) is 0.632. The van der Waals surface area contributed by atoms with Gasteiger partial charge >= 0.3 is 0 Å². The molecule has 0 radical (unpaired) electrons. The van der Waals surface area contributed by atoms with E-state index in [9.17, 15) is 9.90 Å². The number of amides is 1. The quantitative estimate of drug-likeness (QED) is 0.832. The number of aliphatic hydroxyl groups is 1. The summed E-state index contributed by atoms with van der Waals surface area (Å²) in [5.74, 6) is -0.0430. The second-order valence-corrected chi connectivity index (χ2v) is 7.62. The van der Waals surface area contributed by atoms with E-state index in [4.69, 9.17) is 0 Å². The van der Waals surface area contributed by atoms with Crippen LogP contribution in [0.2, 0.25) is 0 Å². The SMILES string of the molecule is CNC(=O)c1ccc2c(c1)[C@@]13CCCC[C@@]1(O)[C@@H](C2)N(C)CC3. The van der Waals surface area contributed by atoms with Crippen molar-refractivity contribution >= 4 is 5.91 Å². The molecule has 1 aliphatic heterocycles. The monoisotopic (exact) mass is 314 g/mol. The summed E-state index contributed by atoms with van der Waals surface area (Å²) in [6.07, 6.45) is 6.07. The molecule has 124 valence electrons. The van der Waals surface area contributed by atoms with Gasteiger partial charge in [-0.2, -0.15) is 0 Å². The van der Waals surface area contributed by atoms with E-state index in [1.165, 1.54) is 17.5 Å². The Bertz CT molecular complexity index is 659. The molecule has 1 aromatic carbocycles. The number of hydrogen-bond donors (Lipinski definition) is 2. The van der Waals surface area contributed by atoms with Crippen LogP contribution in [0.15, 0.2) is 18.2 Å². The molecule has 4 rings (SSSR count). The highest BCUT2D eigenvalue weighted by Gasteiger charge is 2.62. The Morgan fingerprint density at radius 2 is 2.09 bits per heavy atom. The van der Waals surface area contributed by atoms with Crippen molar-refractivity contribution in [2.75, 3.05) is 20.6 Å². The molecular weight excluding hydrogens is 288 g/mol. The van der Waals surface area contributed by atoms with Gasteiger partial charge in [-0.05, 0) is 62.5 Å². The lowest BCUT2D eigenvalue weighted by Gasteiger charge is -2.63. The van der Waals surface area contributed by atoms with E-state index in [1.54, 1.807) is 7.05 Å². The summed E-state index contributed by atoms with van der Waals surface area (Å²) in [6, 6.07) is 6.31. The Morgan fingerprint density at radius 1 is 1.30 bits per heavy atom. The van der Waals surface area contributed by atoms with Crippen LogP contribution in [0.5, 0.6) is 0 Å². The first-order valence-corrected chi connectivity index (χ1v) is 8.80. The predicted molar refractivity (Wildman–Crippen MR) is 89.7 cm³/mol. The highest BCUT2D eigenvalue weighted by atomic mass is 16.3. The molecule has 2 bridgehead atoms. The summed E-state index contributed by atoms with van der Waals surface area (Å²) in [4.78, 5) is 14.4. The Kier molecular flexibility index (Phi) is 3.33. The van der Waals surface area contributed by atoms with Crippen molar-refractivity contribution in [2.45, 2.75) is 55.6 Å². The van der Waals surface area contributed by atoms with Crippen LogP contribution >= 0.6 is 0 Å². The minimum absolute atomic E-state index is 0.0430. The van der Waals surface area contributed by atoms with Crippen LogP contribution in [0.1, 0.15) is 53.6 Å². The molecule has 1 saturated heterocycles. The van der Waals surface area contributed by atoms with Gasteiger partial charge in [-0.15, -0.1) is 0 Å². The topological polar surface area (TPSA) is 52.6 Å². The number of likely N-dealkylation sites (tertiary alicyclic amines) is 1. The summed E-state index contributed by atoms with van der Waals surface area (Å²) in [5, 5.41) is 14.4. The normalized spacial score (nSPS) is 36.0. The first kappa shape index (κ1) is 15.2. The van der Waals surface area contributed by atoms with Crippen molar-refractivity contribution in [1.29, 1.82) is 0 Å². The predicted octanol–water partition coefficient (Wildman–Crippen LogP) is 1.85. The van der Waals surface area contributed by atoms with Gasteiger partial charge in [-0.3, -0.25) is 4.79 Å². The summed E-state index contributed by atoms with van der Waals surface area (Å²) in [6.45, 7) is 1.02. The molecule has 1 saturated carbocycles. The van der Waals surface area contributed by atoms with Crippen LogP contribution in [0, 0.1) is 0 Å². The number of nitrogens with zero attached hydrogens (tertiary/aromatic N) is 1. The largest absolute Gasteiger partial charge is 0.387 e. The van der Waals surface area contributed by atoms with Gasteiger partial charge in [0, 0.05) is 24.1 Å². The molecule has 3 aliphatic rings. The van der Waals surface area contributed by atoms with E-state index in [2.05, 4.69) is 29.4 Å². The van der Waals surface area contributed by atoms with Crippen LogP contribution in [-0.4, -0.2) is 48.2 Å². The zero-order valence-electron chi connectivity index (χ0n) is 14.1. The van der Waals surface area contributed by atoms with E-state index in [0.717, 1.165) is 38.6 Å². The second-order valence-electron chi connectivity index (χ2n) is 7.62. The lowest BCUT2D eigenvalue weighted by molar-refractivity contribution is -0.160. The molecule has 1 heterocycles. The van der Waals surface area contributed by atoms with Gasteiger partial charge in [0.25, 0.3) is 5.91 Å². The zero-order chi connectivity index (χ0) is 16.2. The van der Waals surface area contributed by atoms with Gasteiger partial charge < -0.3 is 15.3 Å². The maximum atomic E-state index is 12.1. The third-order valence-electron chi connectivity index (χ3n) is 6.74. The molecule has 4 nitrogen and oxygen atoms in total. The highest BCUT2D eigenvalue weighted by molar-refractivity contribution is 5.94. The molecule has 1 aromatic rings. The minimum Gasteiger partial charge on any atom is -0.387 e. The molecule has 3 atom stereocenters. The number of carbonyl (C=O) groups is 1. The Labute approximate surface area is 137 Å². The zero-order valence-corrected chi connectivity index (χ0v) is 14.1. The van der Waals surface area contributed by atoms with Crippen molar-refractivity contribution in [3.63, 3.8) is 0 Å². The van der Waals surface area contributed by atoms with Crippen molar-refractivity contribution in [1.82, 2.24) is 10.2 Å². The van der Waals surface area contributed by atoms with Gasteiger partial charge in [0.15, 0.2) is 0 Å². The Hall–Kier alpha value is -1.39. The van der Waals surface area contributed by atoms with E-state index in [0.29, 0.717) is 5.56 Å². The van der Waals surface area contributed by atoms with Gasteiger partial charge in [-0.1, -0.05) is 18.9 Å². The fourth-order valence-electron chi connectivity index (χ4n) is 5.51. The number of rotatable bonds is 1. The molecule has 4 heteroatoms. The molecule has 0 spiro atoms.